The zero-order valence-electron chi connectivity index (χ0n) is 18.0. The molecule has 3 heterocycles. The quantitative estimate of drug-likeness (QED) is 0.698. The molecule has 0 aliphatic carbocycles. The van der Waals surface area contributed by atoms with Crippen molar-refractivity contribution in [2.75, 3.05) is 13.1 Å². The van der Waals surface area contributed by atoms with Gasteiger partial charge in [0.2, 0.25) is 5.91 Å². The lowest BCUT2D eigenvalue weighted by Gasteiger charge is -2.33. The number of benzene rings is 1. The van der Waals surface area contributed by atoms with Crippen LogP contribution in [0, 0.1) is 26.6 Å². The first-order valence-electron chi connectivity index (χ1n) is 10.4. The van der Waals surface area contributed by atoms with Crippen LogP contribution in [-0.2, 0) is 11.3 Å². The lowest BCUT2D eigenvalue weighted by molar-refractivity contribution is -0.133. The molecule has 1 aliphatic heterocycles. The summed E-state index contributed by atoms with van der Waals surface area (Å²) in [5.74, 6) is -1.13. The number of pyridine rings is 1. The molecule has 0 bridgehead atoms. The summed E-state index contributed by atoms with van der Waals surface area (Å²) in [6, 6.07) is 5.88. The Labute approximate surface area is 180 Å². The minimum absolute atomic E-state index is 0.0150. The number of rotatable bonds is 4. The Hall–Kier alpha value is -3.29. The smallest absolute Gasteiger partial charge is 0.250 e. The molecule has 1 aliphatic rings. The predicted octanol–water partition coefficient (Wildman–Crippen LogP) is 3.00. The molecule has 2 N–H and O–H groups in total. The van der Waals surface area contributed by atoms with Crippen LogP contribution in [0.4, 0.5) is 4.39 Å². The molecule has 4 rings (SSSR count). The normalized spacial score (nSPS) is 16.6. The minimum atomic E-state index is -0.602. The number of primary amides is 1. The van der Waals surface area contributed by atoms with Crippen LogP contribution >= 0.6 is 0 Å². The van der Waals surface area contributed by atoms with Gasteiger partial charge in [0.15, 0.2) is 0 Å². The summed E-state index contributed by atoms with van der Waals surface area (Å²) in [7, 11) is 0. The molecule has 1 aromatic carbocycles. The Morgan fingerprint density at radius 2 is 2.00 bits per heavy atom. The molecule has 2 amide bonds. The number of aromatic nitrogens is 3. The number of nitrogens with two attached hydrogens (primary N) is 1. The van der Waals surface area contributed by atoms with Crippen molar-refractivity contribution in [1.29, 1.82) is 0 Å². The highest BCUT2D eigenvalue weighted by Gasteiger charge is 2.29. The standard InChI is InChI=1S/C23H26FN5O2/c1-13-14(2)27-29(15(13)3)12-21(30)28-8-4-5-16(11-28)22-19(23(25)31)10-17-9-18(24)6-7-20(17)26-22/h6-7,9-10,16H,4-5,8,11-12H2,1-3H3,(H2,25,31). The van der Waals surface area contributed by atoms with Crippen molar-refractivity contribution in [2.24, 2.45) is 5.73 Å². The number of likely N-dealkylation sites (tertiary alicyclic amines) is 1. The fourth-order valence-electron chi connectivity index (χ4n) is 4.27. The van der Waals surface area contributed by atoms with Crippen molar-refractivity contribution in [3.63, 3.8) is 0 Å². The van der Waals surface area contributed by atoms with E-state index < -0.39 is 11.7 Å². The van der Waals surface area contributed by atoms with E-state index in [0.29, 0.717) is 29.7 Å². The molecule has 162 valence electrons. The van der Waals surface area contributed by atoms with E-state index in [4.69, 9.17) is 5.73 Å². The number of piperidine rings is 1. The van der Waals surface area contributed by atoms with E-state index in [9.17, 15) is 14.0 Å². The van der Waals surface area contributed by atoms with Gasteiger partial charge in [0, 0.05) is 30.1 Å². The molecule has 3 aromatic rings. The monoisotopic (exact) mass is 423 g/mol. The highest BCUT2D eigenvalue weighted by molar-refractivity contribution is 5.97. The molecular formula is C23H26FN5O2. The van der Waals surface area contributed by atoms with Gasteiger partial charge in [-0.05, 0) is 63.4 Å². The Morgan fingerprint density at radius 3 is 2.68 bits per heavy atom. The number of hydrogen-bond acceptors (Lipinski definition) is 4. The SMILES string of the molecule is Cc1nn(CC(=O)N2CCCC(c3nc4ccc(F)cc4cc3C(N)=O)C2)c(C)c1C. The van der Waals surface area contributed by atoms with Gasteiger partial charge in [-0.1, -0.05) is 0 Å². The van der Waals surface area contributed by atoms with Gasteiger partial charge in [0.1, 0.15) is 12.4 Å². The summed E-state index contributed by atoms with van der Waals surface area (Å²) < 4.78 is 15.3. The van der Waals surface area contributed by atoms with Gasteiger partial charge in [0.25, 0.3) is 5.91 Å². The summed E-state index contributed by atoms with van der Waals surface area (Å²) in [4.78, 5) is 31.6. The van der Waals surface area contributed by atoms with Gasteiger partial charge in [-0.15, -0.1) is 0 Å². The van der Waals surface area contributed by atoms with E-state index >= 15 is 0 Å². The molecule has 1 atom stereocenters. The maximum absolute atomic E-state index is 13.6. The van der Waals surface area contributed by atoms with Crippen molar-refractivity contribution in [3.05, 3.63) is 58.3 Å². The van der Waals surface area contributed by atoms with E-state index in [1.54, 1.807) is 21.7 Å². The van der Waals surface area contributed by atoms with Crippen LogP contribution < -0.4 is 5.73 Å². The van der Waals surface area contributed by atoms with E-state index in [0.717, 1.165) is 29.8 Å². The molecular weight excluding hydrogens is 397 g/mol. The average Bonchev–Trinajstić information content (AvgIpc) is 2.99. The van der Waals surface area contributed by atoms with Gasteiger partial charge in [-0.25, -0.2) is 4.39 Å². The highest BCUT2D eigenvalue weighted by Crippen LogP contribution is 2.30. The van der Waals surface area contributed by atoms with Crippen LogP contribution in [0.1, 0.15) is 51.8 Å². The highest BCUT2D eigenvalue weighted by atomic mass is 19.1. The van der Waals surface area contributed by atoms with E-state index in [2.05, 4.69) is 10.1 Å². The van der Waals surface area contributed by atoms with Crippen molar-refractivity contribution >= 4 is 22.7 Å². The van der Waals surface area contributed by atoms with E-state index in [1.165, 1.54) is 12.1 Å². The Morgan fingerprint density at radius 1 is 1.23 bits per heavy atom. The second-order valence-corrected chi connectivity index (χ2v) is 8.25. The zero-order chi connectivity index (χ0) is 22.3. The minimum Gasteiger partial charge on any atom is -0.366 e. The largest absolute Gasteiger partial charge is 0.366 e. The number of hydrogen-bond donors (Lipinski definition) is 1. The maximum atomic E-state index is 13.6. The van der Waals surface area contributed by atoms with Crippen molar-refractivity contribution in [2.45, 2.75) is 46.1 Å². The zero-order valence-corrected chi connectivity index (χ0v) is 18.0. The Bertz CT molecular complexity index is 1190. The molecule has 0 spiro atoms. The first-order valence-corrected chi connectivity index (χ1v) is 10.4. The fraction of sp³-hybridized carbons (Fsp3) is 0.391. The van der Waals surface area contributed by atoms with Crippen LogP contribution in [0.5, 0.6) is 0 Å². The van der Waals surface area contributed by atoms with Crippen LogP contribution in [0.3, 0.4) is 0 Å². The summed E-state index contributed by atoms with van der Waals surface area (Å²) in [6.07, 6.45) is 1.59. The summed E-state index contributed by atoms with van der Waals surface area (Å²) >= 11 is 0. The fourth-order valence-corrected chi connectivity index (χ4v) is 4.27. The summed E-state index contributed by atoms with van der Waals surface area (Å²) in [5.41, 5.74) is 10.1. The molecule has 8 heteroatoms. The number of carbonyl (C=O) groups excluding carboxylic acids is 2. The number of fused-ring (bicyclic) bond motifs is 1. The van der Waals surface area contributed by atoms with Crippen molar-refractivity contribution in [1.82, 2.24) is 19.7 Å². The first kappa shape index (κ1) is 21.0. The van der Waals surface area contributed by atoms with Gasteiger partial charge >= 0.3 is 0 Å². The summed E-state index contributed by atoms with van der Waals surface area (Å²) in [5, 5.41) is 4.99. The molecule has 1 saturated heterocycles. The van der Waals surface area contributed by atoms with Crippen LogP contribution in [0.2, 0.25) is 0 Å². The van der Waals surface area contributed by atoms with Crippen molar-refractivity contribution < 1.29 is 14.0 Å². The number of carbonyl (C=O) groups is 2. The van der Waals surface area contributed by atoms with E-state index in [1.807, 2.05) is 20.8 Å². The number of nitrogens with zero attached hydrogens (tertiary/aromatic N) is 4. The average molecular weight is 423 g/mol. The third-order valence-electron chi connectivity index (χ3n) is 6.26. The second kappa shape index (κ2) is 8.09. The molecule has 1 unspecified atom stereocenters. The van der Waals surface area contributed by atoms with Crippen LogP contribution in [0.15, 0.2) is 24.3 Å². The molecule has 1 fully saturated rings. The molecule has 0 saturated carbocycles. The number of halogens is 1. The third kappa shape index (κ3) is 4.02. The Kier molecular flexibility index (Phi) is 5.47. The van der Waals surface area contributed by atoms with Gasteiger partial charge < -0.3 is 10.6 Å². The Balaban J connectivity index is 1.60. The molecule has 7 nitrogen and oxygen atoms in total. The number of amides is 2. The molecule has 2 aromatic heterocycles. The maximum Gasteiger partial charge on any atom is 0.250 e. The predicted molar refractivity (Wildman–Crippen MR) is 115 cm³/mol. The summed E-state index contributed by atoms with van der Waals surface area (Å²) in [6.45, 7) is 7.18. The van der Waals surface area contributed by atoms with E-state index in [-0.39, 0.29) is 23.9 Å². The third-order valence-corrected chi connectivity index (χ3v) is 6.26. The van der Waals surface area contributed by atoms with Gasteiger partial charge in [0.05, 0.1) is 22.5 Å². The van der Waals surface area contributed by atoms with Gasteiger partial charge in [-0.3, -0.25) is 19.3 Å². The number of aryl methyl sites for hydroxylation is 1. The van der Waals surface area contributed by atoms with Crippen molar-refractivity contribution in [3.8, 4) is 0 Å². The first-order chi connectivity index (χ1) is 14.7. The molecule has 31 heavy (non-hydrogen) atoms. The topological polar surface area (TPSA) is 94.1 Å². The second-order valence-electron chi connectivity index (χ2n) is 8.25. The van der Waals surface area contributed by atoms with Crippen LogP contribution in [0.25, 0.3) is 10.9 Å². The van der Waals surface area contributed by atoms with Crippen LogP contribution in [-0.4, -0.2) is 44.6 Å². The molecule has 0 radical (unpaired) electrons. The lowest BCUT2D eigenvalue weighted by Crippen LogP contribution is -2.41. The van der Waals surface area contributed by atoms with Gasteiger partial charge in [-0.2, -0.15) is 5.10 Å². The lowest BCUT2D eigenvalue weighted by atomic mass is 9.90.